The summed E-state index contributed by atoms with van der Waals surface area (Å²) in [4.78, 5) is 9.74. The predicted octanol–water partition coefficient (Wildman–Crippen LogP) is -4.06. The molecule has 0 aromatic heterocycles. The average molecular weight is 112 g/mol. The third-order valence-corrected chi connectivity index (χ3v) is 0.391. The molecule has 4 heteroatoms. The molecule has 4 N–H and O–H groups in total. The molecule has 0 spiro atoms. The number of primary amides is 1. The van der Waals surface area contributed by atoms with E-state index in [2.05, 4.69) is 5.73 Å². The second kappa shape index (κ2) is 6.43. The molecule has 0 unspecified atom stereocenters. The van der Waals surface area contributed by atoms with Gasteiger partial charge < -0.3 is 12.9 Å². The molecule has 0 aliphatic heterocycles. The number of hydrogen-bond acceptors (Lipinski definition) is 2. The summed E-state index contributed by atoms with van der Waals surface area (Å²) in [5.41, 5.74) is 9.61. The van der Waals surface area contributed by atoms with Crippen LogP contribution in [0.5, 0.6) is 0 Å². The molecule has 0 aromatic carbocycles. The van der Waals surface area contributed by atoms with Gasteiger partial charge in [0.2, 0.25) is 5.91 Å². The standard InChI is InChI=1S/C3H8N2O.Na.H/c4-2-1-3(5)6;;/h1-2,4H2,(H2,5,6);;/q;+1;-1. The molecule has 38 valence electrons. The van der Waals surface area contributed by atoms with E-state index >= 15 is 0 Å². The number of amides is 1. The van der Waals surface area contributed by atoms with Crippen LogP contribution in [0.2, 0.25) is 0 Å². The van der Waals surface area contributed by atoms with Gasteiger partial charge in [0.15, 0.2) is 0 Å². The van der Waals surface area contributed by atoms with Crippen molar-refractivity contribution in [1.29, 1.82) is 0 Å². The normalized spacial score (nSPS) is 7.00. The summed E-state index contributed by atoms with van der Waals surface area (Å²) in [5, 5.41) is 0. The fourth-order valence-electron chi connectivity index (χ4n) is 0.142. The number of carbonyl (C=O) groups is 1. The van der Waals surface area contributed by atoms with Crippen molar-refractivity contribution in [3.05, 3.63) is 0 Å². The molecule has 1 amide bonds. The van der Waals surface area contributed by atoms with E-state index in [0.29, 0.717) is 13.0 Å². The van der Waals surface area contributed by atoms with Crippen LogP contribution < -0.4 is 41.0 Å². The Kier molecular flexibility index (Phi) is 9.57. The average Bonchev–Trinajstić information content (AvgIpc) is 1.35. The molecule has 0 saturated heterocycles. The maximum Gasteiger partial charge on any atom is 1.00 e. The summed E-state index contributed by atoms with van der Waals surface area (Å²) in [6.07, 6.45) is 0.292. The molecule has 0 atom stereocenters. The topological polar surface area (TPSA) is 69.1 Å². The van der Waals surface area contributed by atoms with Crippen molar-refractivity contribution in [3.8, 4) is 0 Å². The van der Waals surface area contributed by atoms with Crippen LogP contribution in [0.1, 0.15) is 7.85 Å². The second-order valence-electron chi connectivity index (χ2n) is 1.00. The van der Waals surface area contributed by atoms with E-state index < -0.39 is 0 Å². The molecule has 7 heavy (non-hydrogen) atoms. The molecule has 0 aromatic rings. The van der Waals surface area contributed by atoms with Crippen molar-refractivity contribution in [2.75, 3.05) is 6.54 Å². The van der Waals surface area contributed by atoms with E-state index in [-0.39, 0.29) is 36.9 Å². The molecule has 0 bridgehead atoms. The first-order valence-corrected chi connectivity index (χ1v) is 1.75. The van der Waals surface area contributed by atoms with Gasteiger partial charge in [-0.15, -0.1) is 0 Å². The van der Waals surface area contributed by atoms with Crippen molar-refractivity contribution in [2.24, 2.45) is 11.5 Å². The quantitative estimate of drug-likeness (QED) is 0.357. The number of rotatable bonds is 2. The van der Waals surface area contributed by atoms with Gasteiger partial charge in [0.1, 0.15) is 0 Å². The third-order valence-electron chi connectivity index (χ3n) is 0.391. The Morgan fingerprint density at radius 2 is 2.14 bits per heavy atom. The van der Waals surface area contributed by atoms with Gasteiger partial charge in [-0.3, -0.25) is 4.79 Å². The summed E-state index contributed by atoms with van der Waals surface area (Å²) in [5.74, 6) is -0.336. The fourth-order valence-corrected chi connectivity index (χ4v) is 0.142. The first-order chi connectivity index (χ1) is 2.77. The molecule has 0 radical (unpaired) electrons. The third kappa shape index (κ3) is 10.7. The van der Waals surface area contributed by atoms with Gasteiger partial charge in [-0.1, -0.05) is 0 Å². The smallest absolute Gasteiger partial charge is 1.00 e. The van der Waals surface area contributed by atoms with E-state index in [0.717, 1.165) is 0 Å². The Morgan fingerprint density at radius 3 is 2.14 bits per heavy atom. The summed E-state index contributed by atoms with van der Waals surface area (Å²) < 4.78 is 0. The van der Waals surface area contributed by atoms with Crippen molar-refractivity contribution in [2.45, 2.75) is 6.42 Å². The monoisotopic (exact) mass is 112 g/mol. The van der Waals surface area contributed by atoms with E-state index in [4.69, 9.17) is 5.73 Å². The summed E-state index contributed by atoms with van der Waals surface area (Å²) >= 11 is 0. The zero-order valence-electron chi connectivity index (χ0n) is 5.48. The van der Waals surface area contributed by atoms with Crippen molar-refractivity contribution >= 4 is 5.91 Å². The zero-order valence-corrected chi connectivity index (χ0v) is 6.48. The maximum atomic E-state index is 9.74. The van der Waals surface area contributed by atoms with E-state index in [1.54, 1.807) is 0 Å². The van der Waals surface area contributed by atoms with Gasteiger partial charge in [0, 0.05) is 13.0 Å². The van der Waals surface area contributed by atoms with E-state index in [9.17, 15) is 4.79 Å². The van der Waals surface area contributed by atoms with E-state index in [1.807, 2.05) is 0 Å². The summed E-state index contributed by atoms with van der Waals surface area (Å²) in [6, 6.07) is 0. The first kappa shape index (κ1) is 10.4. The first-order valence-electron chi connectivity index (χ1n) is 1.75. The minimum atomic E-state index is -0.336. The maximum absolute atomic E-state index is 9.74. The Morgan fingerprint density at radius 1 is 1.71 bits per heavy atom. The fraction of sp³-hybridized carbons (Fsp3) is 0.667. The Bertz CT molecular complexity index is 61.2. The van der Waals surface area contributed by atoms with Crippen LogP contribution in [-0.2, 0) is 4.79 Å². The zero-order chi connectivity index (χ0) is 4.99. The van der Waals surface area contributed by atoms with Gasteiger partial charge in [0.05, 0.1) is 0 Å². The Hall–Kier alpha value is 0.430. The molecule has 0 heterocycles. The number of nitrogens with two attached hydrogens (primary N) is 2. The van der Waals surface area contributed by atoms with Crippen LogP contribution in [0.3, 0.4) is 0 Å². The van der Waals surface area contributed by atoms with Crippen molar-refractivity contribution in [3.63, 3.8) is 0 Å². The molecule has 3 nitrogen and oxygen atoms in total. The molecule has 0 aliphatic rings. The van der Waals surface area contributed by atoms with Crippen LogP contribution in [0, 0.1) is 0 Å². The Balaban J connectivity index is -0.000000125. The predicted molar refractivity (Wildman–Crippen MR) is 24.0 cm³/mol. The number of hydrogen-bond donors (Lipinski definition) is 2. The Labute approximate surface area is 66.2 Å². The largest absolute Gasteiger partial charge is 1.00 e. The van der Waals surface area contributed by atoms with Gasteiger partial charge in [-0.2, -0.15) is 0 Å². The van der Waals surface area contributed by atoms with Crippen LogP contribution >= 0.6 is 0 Å². The molecule has 0 saturated carbocycles. The summed E-state index contributed by atoms with van der Waals surface area (Å²) in [7, 11) is 0. The minimum absolute atomic E-state index is 0. The molecule has 0 rings (SSSR count). The SMILES string of the molecule is NCCC(N)=O.[H-].[Na+]. The van der Waals surface area contributed by atoms with Crippen molar-refractivity contribution < 1.29 is 35.8 Å². The van der Waals surface area contributed by atoms with Crippen LogP contribution in [0.15, 0.2) is 0 Å². The van der Waals surface area contributed by atoms with Crippen LogP contribution in [0.4, 0.5) is 0 Å². The minimum Gasteiger partial charge on any atom is -1.00 e. The molecule has 0 aliphatic carbocycles. The van der Waals surface area contributed by atoms with Crippen LogP contribution in [-0.4, -0.2) is 12.5 Å². The molecular formula is C3H9N2NaO. The van der Waals surface area contributed by atoms with Gasteiger partial charge >= 0.3 is 29.6 Å². The number of carbonyl (C=O) groups excluding carboxylic acids is 1. The van der Waals surface area contributed by atoms with Crippen LogP contribution in [0.25, 0.3) is 0 Å². The summed E-state index contributed by atoms with van der Waals surface area (Å²) in [6.45, 7) is 0.356. The van der Waals surface area contributed by atoms with Crippen molar-refractivity contribution in [1.82, 2.24) is 0 Å². The van der Waals surface area contributed by atoms with Gasteiger partial charge in [0.25, 0.3) is 0 Å². The van der Waals surface area contributed by atoms with Gasteiger partial charge in [-0.05, 0) is 0 Å². The van der Waals surface area contributed by atoms with E-state index in [1.165, 1.54) is 0 Å². The second-order valence-corrected chi connectivity index (χ2v) is 1.00. The van der Waals surface area contributed by atoms with Gasteiger partial charge in [-0.25, -0.2) is 0 Å². The molecule has 0 fully saturated rings. The molecular weight excluding hydrogens is 103 g/mol.